The number of nitrogens with one attached hydrogen (secondary N) is 1. The highest BCUT2D eigenvalue weighted by atomic mass is 35.5. The zero-order valence-corrected chi connectivity index (χ0v) is 13.5. The van der Waals surface area contributed by atoms with Crippen molar-refractivity contribution in [3.05, 3.63) is 39.9 Å². The van der Waals surface area contributed by atoms with E-state index in [1.54, 1.807) is 12.1 Å². The van der Waals surface area contributed by atoms with Gasteiger partial charge in [0.05, 0.1) is 11.3 Å². The maximum Gasteiger partial charge on any atom is 0.269 e. The van der Waals surface area contributed by atoms with Gasteiger partial charge in [-0.1, -0.05) is 19.1 Å². The van der Waals surface area contributed by atoms with Crippen LogP contribution in [0.1, 0.15) is 25.3 Å². The third-order valence-corrected chi connectivity index (χ3v) is 3.74. The fourth-order valence-corrected chi connectivity index (χ4v) is 2.71. The average molecular weight is 328 g/mol. The first-order valence-corrected chi connectivity index (χ1v) is 7.35. The minimum atomic E-state index is -0.432. The second-order valence-corrected chi connectivity index (χ2v) is 5.34. The normalized spacial score (nSPS) is 16.9. The summed E-state index contributed by atoms with van der Waals surface area (Å²) in [4.78, 5) is 24.8. The molecule has 7 heteroatoms. The Bertz CT molecular complexity index is 519. The van der Waals surface area contributed by atoms with Crippen LogP contribution in [-0.4, -0.2) is 41.4 Å². The molecule has 1 aliphatic rings. The Balaban J connectivity index is 0.00000242. The molecule has 1 unspecified atom stereocenters. The first kappa shape index (κ1) is 18.4. The lowest BCUT2D eigenvalue weighted by Crippen LogP contribution is -2.42. The number of non-ortho nitro benzene ring substituents is 1. The van der Waals surface area contributed by atoms with E-state index in [4.69, 9.17) is 0 Å². The van der Waals surface area contributed by atoms with Crippen LogP contribution >= 0.6 is 12.4 Å². The van der Waals surface area contributed by atoms with Crippen molar-refractivity contribution >= 4 is 24.0 Å². The number of amides is 1. The standard InChI is InChI=1S/C15H21N3O3.ClH/c1-2-8-17(14-6-7-16-11-14)15(19)10-12-4-3-5-13(9-12)18(20)21;/h3-5,9,14,16H,2,6-8,10-11H2,1H3;1H. The minimum absolute atomic E-state index is 0. The smallest absolute Gasteiger partial charge is 0.269 e. The van der Waals surface area contributed by atoms with Crippen molar-refractivity contribution in [2.45, 2.75) is 32.2 Å². The summed E-state index contributed by atoms with van der Waals surface area (Å²) in [6.45, 7) is 4.56. The summed E-state index contributed by atoms with van der Waals surface area (Å²) < 4.78 is 0. The molecule has 22 heavy (non-hydrogen) atoms. The lowest BCUT2D eigenvalue weighted by Gasteiger charge is -2.28. The molecule has 0 bridgehead atoms. The van der Waals surface area contributed by atoms with Crippen molar-refractivity contribution in [3.63, 3.8) is 0 Å². The van der Waals surface area contributed by atoms with E-state index in [1.165, 1.54) is 12.1 Å². The average Bonchev–Trinajstić information content (AvgIpc) is 2.98. The number of carbonyl (C=O) groups is 1. The van der Waals surface area contributed by atoms with Gasteiger partial charge in [-0.3, -0.25) is 14.9 Å². The lowest BCUT2D eigenvalue weighted by molar-refractivity contribution is -0.384. The molecule has 1 N–H and O–H groups in total. The Hall–Kier alpha value is -1.66. The summed E-state index contributed by atoms with van der Waals surface area (Å²) in [5, 5.41) is 14.1. The summed E-state index contributed by atoms with van der Waals surface area (Å²) in [6.07, 6.45) is 2.11. The molecule has 1 aromatic rings. The zero-order valence-electron chi connectivity index (χ0n) is 12.7. The zero-order chi connectivity index (χ0) is 15.2. The van der Waals surface area contributed by atoms with Crippen LogP contribution in [0.3, 0.4) is 0 Å². The number of rotatable bonds is 6. The van der Waals surface area contributed by atoms with E-state index in [-0.39, 0.29) is 36.5 Å². The predicted octanol–water partition coefficient (Wildman–Crippen LogP) is 2.16. The number of carbonyl (C=O) groups excluding carboxylic acids is 1. The van der Waals surface area contributed by atoms with Crippen molar-refractivity contribution in [1.82, 2.24) is 10.2 Å². The number of hydrogen-bond acceptors (Lipinski definition) is 4. The van der Waals surface area contributed by atoms with Gasteiger partial charge in [0.2, 0.25) is 5.91 Å². The van der Waals surface area contributed by atoms with Crippen LogP contribution in [0, 0.1) is 10.1 Å². The Labute approximate surface area is 136 Å². The van der Waals surface area contributed by atoms with Crippen LogP contribution in [0.2, 0.25) is 0 Å². The molecule has 0 spiro atoms. The molecular formula is C15H22ClN3O3. The number of halogens is 1. The second kappa shape index (κ2) is 8.70. The molecular weight excluding hydrogens is 306 g/mol. The number of nitrogens with zero attached hydrogens (tertiary/aromatic N) is 2. The minimum Gasteiger partial charge on any atom is -0.338 e. The number of hydrogen-bond donors (Lipinski definition) is 1. The second-order valence-electron chi connectivity index (χ2n) is 5.34. The molecule has 6 nitrogen and oxygen atoms in total. The summed E-state index contributed by atoms with van der Waals surface area (Å²) in [5.74, 6) is 0.0473. The highest BCUT2D eigenvalue weighted by Crippen LogP contribution is 2.16. The van der Waals surface area contributed by atoms with Gasteiger partial charge in [-0.2, -0.15) is 0 Å². The number of benzene rings is 1. The van der Waals surface area contributed by atoms with E-state index in [0.29, 0.717) is 5.56 Å². The maximum absolute atomic E-state index is 12.5. The van der Waals surface area contributed by atoms with Crippen molar-refractivity contribution in [2.24, 2.45) is 0 Å². The van der Waals surface area contributed by atoms with E-state index in [1.807, 2.05) is 4.90 Å². The van der Waals surface area contributed by atoms with Gasteiger partial charge in [-0.05, 0) is 24.9 Å². The van der Waals surface area contributed by atoms with Gasteiger partial charge >= 0.3 is 0 Å². The SMILES string of the molecule is CCCN(C(=O)Cc1cccc([N+](=O)[O-])c1)C1CCNC1.Cl. The topological polar surface area (TPSA) is 75.5 Å². The molecule has 1 amide bonds. The van der Waals surface area contributed by atoms with Crippen LogP contribution in [0.15, 0.2) is 24.3 Å². The van der Waals surface area contributed by atoms with Crippen molar-refractivity contribution < 1.29 is 9.72 Å². The van der Waals surface area contributed by atoms with Crippen molar-refractivity contribution in [3.8, 4) is 0 Å². The first-order chi connectivity index (χ1) is 10.1. The van der Waals surface area contributed by atoms with E-state index in [0.717, 1.165) is 32.5 Å². The van der Waals surface area contributed by atoms with E-state index in [9.17, 15) is 14.9 Å². The summed E-state index contributed by atoms with van der Waals surface area (Å²) in [5.41, 5.74) is 0.728. The van der Waals surface area contributed by atoms with Gasteiger partial charge in [0.15, 0.2) is 0 Å². The number of nitro groups is 1. The van der Waals surface area contributed by atoms with Gasteiger partial charge in [0, 0.05) is 31.3 Å². The quantitative estimate of drug-likeness (QED) is 0.641. The van der Waals surface area contributed by atoms with Gasteiger partial charge in [0.1, 0.15) is 0 Å². The fraction of sp³-hybridized carbons (Fsp3) is 0.533. The molecule has 1 aromatic carbocycles. The monoisotopic (exact) mass is 327 g/mol. The first-order valence-electron chi connectivity index (χ1n) is 7.35. The molecule has 2 rings (SSSR count). The van der Waals surface area contributed by atoms with Crippen LogP contribution in [0.25, 0.3) is 0 Å². The summed E-state index contributed by atoms with van der Waals surface area (Å²) in [7, 11) is 0. The van der Waals surface area contributed by atoms with Crippen molar-refractivity contribution in [1.29, 1.82) is 0 Å². The molecule has 0 radical (unpaired) electrons. The predicted molar refractivity (Wildman–Crippen MR) is 87.3 cm³/mol. The molecule has 0 aromatic heterocycles. The maximum atomic E-state index is 12.5. The third-order valence-electron chi connectivity index (χ3n) is 3.74. The molecule has 122 valence electrons. The highest BCUT2D eigenvalue weighted by molar-refractivity contribution is 5.85. The Morgan fingerprint density at radius 1 is 1.50 bits per heavy atom. The van der Waals surface area contributed by atoms with Gasteiger partial charge in [0.25, 0.3) is 5.69 Å². The Kier molecular flexibility index (Phi) is 7.27. The molecule has 1 heterocycles. The fourth-order valence-electron chi connectivity index (χ4n) is 2.71. The molecule has 1 saturated heterocycles. The van der Waals surface area contributed by atoms with Crippen molar-refractivity contribution in [2.75, 3.05) is 19.6 Å². The number of nitro benzene ring substituents is 1. The van der Waals surface area contributed by atoms with E-state index in [2.05, 4.69) is 12.2 Å². The molecule has 1 aliphatic heterocycles. The lowest BCUT2D eigenvalue weighted by atomic mass is 10.1. The Morgan fingerprint density at radius 3 is 2.86 bits per heavy atom. The van der Waals surface area contributed by atoms with Gasteiger partial charge in [-0.15, -0.1) is 12.4 Å². The molecule has 0 saturated carbocycles. The molecule has 1 atom stereocenters. The summed E-state index contributed by atoms with van der Waals surface area (Å²) in [6, 6.07) is 6.56. The molecule has 0 aliphatic carbocycles. The van der Waals surface area contributed by atoms with Crippen LogP contribution in [0.4, 0.5) is 5.69 Å². The van der Waals surface area contributed by atoms with Gasteiger partial charge < -0.3 is 10.2 Å². The largest absolute Gasteiger partial charge is 0.338 e. The van der Waals surface area contributed by atoms with E-state index >= 15 is 0 Å². The molecule has 1 fully saturated rings. The van der Waals surface area contributed by atoms with Crippen LogP contribution in [-0.2, 0) is 11.2 Å². The van der Waals surface area contributed by atoms with Gasteiger partial charge in [-0.25, -0.2) is 0 Å². The van der Waals surface area contributed by atoms with Crippen LogP contribution < -0.4 is 5.32 Å². The Morgan fingerprint density at radius 2 is 2.27 bits per heavy atom. The van der Waals surface area contributed by atoms with E-state index < -0.39 is 4.92 Å². The highest BCUT2D eigenvalue weighted by Gasteiger charge is 2.25. The third kappa shape index (κ3) is 4.68. The summed E-state index contributed by atoms with van der Waals surface area (Å²) >= 11 is 0. The van der Waals surface area contributed by atoms with Crippen LogP contribution in [0.5, 0.6) is 0 Å².